The molecule has 0 radical (unpaired) electrons. The van der Waals surface area contributed by atoms with Crippen molar-refractivity contribution in [3.05, 3.63) is 39.7 Å². The number of carbonyl (C=O) groups excluding carboxylic acids is 1. The lowest BCUT2D eigenvalue weighted by Gasteiger charge is -2.15. The second-order valence-electron chi connectivity index (χ2n) is 6.44. The van der Waals surface area contributed by atoms with Gasteiger partial charge in [0, 0.05) is 17.0 Å². The first-order valence-corrected chi connectivity index (χ1v) is 9.08. The Hall–Kier alpha value is -2.83. The summed E-state index contributed by atoms with van der Waals surface area (Å²) in [5.41, 5.74) is 1.56. The maximum absolute atomic E-state index is 12.0. The van der Waals surface area contributed by atoms with Crippen LogP contribution in [0.2, 0.25) is 0 Å². The second kappa shape index (κ2) is 9.21. The summed E-state index contributed by atoms with van der Waals surface area (Å²) < 4.78 is 10.9. The van der Waals surface area contributed by atoms with Gasteiger partial charge in [0.2, 0.25) is 0 Å². The number of carbonyl (C=O) groups is 2. The van der Waals surface area contributed by atoms with Crippen molar-refractivity contribution in [2.24, 2.45) is 0 Å². The van der Waals surface area contributed by atoms with Crippen LogP contribution in [0, 0.1) is 6.92 Å². The minimum absolute atomic E-state index is 0.321. The summed E-state index contributed by atoms with van der Waals surface area (Å²) in [5, 5.41) is 12.4. The van der Waals surface area contributed by atoms with Gasteiger partial charge in [-0.25, -0.2) is 9.59 Å². The lowest BCUT2D eigenvalue weighted by atomic mass is 10.0. The summed E-state index contributed by atoms with van der Waals surface area (Å²) >= 11 is 0. The first-order valence-electron chi connectivity index (χ1n) is 9.08. The van der Waals surface area contributed by atoms with E-state index in [0.717, 1.165) is 23.8 Å². The van der Waals surface area contributed by atoms with Crippen LogP contribution in [0.1, 0.15) is 44.2 Å². The van der Waals surface area contributed by atoms with Gasteiger partial charge in [0.1, 0.15) is 17.4 Å². The van der Waals surface area contributed by atoms with Gasteiger partial charge in [0.05, 0.1) is 0 Å². The molecule has 0 saturated heterocycles. The number of aryl methyl sites for hydroxylation is 2. The Morgan fingerprint density at radius 2 is 2.00 bits per heavy atom. The predicted octanol–water partition coefficient (Wildman–Crippen LogP) is 2.80. The van der Waals surface area contributed by atoms with Crippen LogP contribution in [0.15, 0.2) is 27.4 Å². The van der Waals surface area contributed by atoms with Crippen molar-refractivity contribution in [2.45, 2.75) is 52.5 Å². The average Bonchev–Trinajstić information content (AvgIpc) is 2.61. The summed E-state index contributed by atoms with van der Waals surface area (Å²) in [6.07, 6.45) is 2.65. The Morgan fingerprint density at radius 1 is 1.26 bits per heavy atom. The van der Waals surface area contributed by atoms with E-state index >= 15 is 0 Å². The van der Waals surface area contributed by atoms with Crippen LogP contribution in [0.3, 0.4) is 0 Å². The fourth-order valence-corrected chi connectivity index (χ4v) is 2.97. The van der Waals surface area contributed by atoms with Crippen molar-refractivity contribution in [2.75, 3.05) is 6.61 Å². The number of amides is 1. The monoisotopic (exact) mass is 375 g/mol. The van der Waals surface area contributed by atoms with E-state index < -0.39 is 23.5 Å². The molecule has 0 bridgehead atoms. The lowest BCUT2D eigenvalue weighted by Crippen LogP contribution is -2.42. The Kier molecular flexibility index (Phi) is 6.98. The van der Waals surface area contributed by atoms with E-state index in [4.69, 9.17) is 14.3 Å². The van der Waals surface area contributed by atoms with E-state index in [9.17, 15) is 14.4 Å². The van der Waals surface area contributed by atoms with E-state index in [0.29, 0.717) is 29.7 Å². The molecule has 1 amide bonds. The van der Waals surface area contributed by atoms with Gasteiger partial charge in [-0.05, 0) is 37.5 Å². The largest absolute Gasteiger partial charge is 0.483 e. The molecule has 7 heteroatoms. The topological polar surface area (TPSA) is 106 Å². The number of ether oxygens (including phenoxy) is 1. The Labute approximate surface area is 157 Å². The number of aliphatic carboxylic acids is 1. The van der Waals surface area contributed by atoms with Crippen molar-refractivity contribution in [1.29, 1.82) is 0 Å². The van der Waals surface area contributed by atoms with Gasteiger partial charge in [0.25, 0.3) is 5.91 Å². The fraction of sp³-hybridized carbons (Fsp3) is 0.450. The van der Waals surface area contributed by atoms with E-state index in [-0.39, 0.29) is 6.61 Å². The van der Waals surface area contributed by atoms with E-state index in [1.165, 1.54) is 6.07 Å². The minimum atomic E-state index is -1.07. The quantitative estimate of drug-likeness (QED) is 0.653. The third-order valence-electron chi connectivity index (χ3n) is 4.29. The number of nitrogens with one attached hydrogen (secondary N) is 1. The molecule has 0 aliphatic rings. The average molecular weight is 375 g/mol. The molecule has 2 aromatic rings. The van der Waals surface area contributed by atoms with Crippen LogP contribution >= 0.6 is 0 Å². The summed E-state index contributed by atoms with van der Waals surface area (Å²) in [4.78, 5) is 34.9. The minimum Gasteiger partial charge on any atom is -0.483 e. The normalized spacial score (nSPS) is 12.0. The van der Waals surface area contributed by atoms with Crippen LogP contribution in [0.25, 0.3) is 11.0 Å². The van der Waals surface area contributed by atoms with Crippen LogP contribution in [-0.2, 0) is 16.0 Å². The predicted molar refractivity (Wildman–Crippen MR) is 101 cm³/mol. The van der Waals surface area contributed by atoms with Crippen molar-refractivity contribution in [1.82, 2.24) is 5.32 Å². The Morgan fingerprint density at radius 3 is 2.63 bits per heavy atom. The highest BCUT2D eigenvalue weighted by molar-refractivity contribution is 5.86. The van der Waals surface area contributed by atoms with E-state index in [2.05, 4.69) is 5.32 Å². The number of hydrogen-bond donors (Lipinski definition) is 2. The molecule has 0 aliphatic carbocycles. The number of fused-ring (bicyclic) bond motifs is 1. The van der Waals surface area contributed by atoms with Gasteiger partial charge in [-0.3, -0.25) is 4.79 Å². The highest BCUT2D eigenvalue weighted by Gasteiger charge is 2.19. The smallest absolute Gasteiger partial charge is 0.336 e. The molecule has 2 N–H and O–H groups in total. The van der Waals surface area contributed by atoms with Gasteiger partial charge in [-0.15, -0.1) is 0 Å². The first-order chi connectivity index (χ1) is 12.9. The van der Waals surface area contributed by atoms with E-state index in [1.54, 1.807) is 19.1 Å². The molecule has 27 heavy (non-hydrogen) atoms. The number of hydrogen-bond acceptors (Lipinski definition) is 5. The molecule has 1 aromatic heterocycles. The molecular weight excluding hydrogens is 350 g/mol. The van der Waals surface area contributed by atoms with E-state index in [1.807, 2.05) is 13.8 Å². The van der Waals surface area contributed by atoms with Crippen molar-refractivity contribution >= 4 is 22.8 Å². The standard InChI is InChI=1S/C20H25NO6/c1-4-6-13-10-18(23)27-19-12(3)16(9-8-14(13)19)26-11-17(22)21-15(7-5-2)20(24)25/h8-10,15H,4-7,11H2,1-3H3,(H,21,22)(H,24,25)/t15-/m0/s1. The van der Waals surface area contributed by atoms with Crippen LogP contribution in [-0.4, -0.2) is 29.6 Å². The molecule has 0 saturated carbocycles. The van der Waals surface area contributed by atoms with Crippen LogP contribution in [0.4, 0.5) is 0 Å². The highest BCUT2D eigenvalue weighted by atomic mass is 16.5. The third-order valence-corrected chi connectivity index (χ3v) is 4.29. The molecule has 2 rings (SSSR count). The molecule has 7 nitrogen and oxygen atoms in total. The Bertz CT molecular complexity index is 886. The van der Waals surface area contributed by atoms with Gasteiger partial charge in [0.15, 0.2) is 6.61 Å². The molecule has 1 aromatic carbocycles. The molecule has 0 unspecified atom stereocenters. The van der Waals surface area contributed by atoms with Gasteiger partial charge in [-0.2, -0.15) is 0 Å². The molecule has 146 valence electrons. The zero-order chi connectivity index (χ0) is 20.0. The van der Waals surface area contributed by atoms with Gasteiger partial charge < -0.3 is 19.6 Å². The summed E-state index contributed by atoms with van der Waals surface area (Å²) in [5.74, 6) is -1.18. The Balaban J connectivity index is 2.17. The number of rotatable bonds is 9. The maximum atomic E-state index is 12.0. The molecule has 1 atom stereocenters. The summed E-state index contributed by atoms with van der Waals surface area (Å²) in [6, 6.07) is 4.10. The zero-order valence-corrected chi connectivity index (χ0v) is 15.8. The molecule has 1 heterocycles. The zero-order valence-electron chi connectivity index (χ0n) is 15.8. The fourth-order valence-electron chi connectivity index (χ4n) is 2.97. The number of benzene rings is 1. The van der Waals surface area contributed by atoms with Crippen molar-refractivity contribution < 1.29 is 23.8 Å². The molecule has 0 aliphatic heterocycles. The first kappa shape index (κ1) is 20.5. The molecule has 0 spiro atoms. The summed E-state index contributed by atoms with van der Waals surface area (Å²) in [6.45, 7) is 5.31. The lowest BCUT2D eigenvalue weighted by molar-refractivity contribution is -0.142. The number of carboxylic acid groups (broad SMARTS) is 1. The summed E-state index contributed by atoms with van der Waals surface area (Å²) in [7, 11) is 0. The highest BCUT2D eigenvalue weighted by Crippen LogP contribution is 2.28. The second-order valence-corrected chi connectivity index (χ2v) is 6.44. The maximum Gasteiger partial charge on any atom is 0.336 e. The van der Waals surface area contributed by atoms with Gasteiger partial charge in [-0.1, -0.05) is 26.7 Å². The van der Waals surface area contributed by atoms with Crippen LogP contribution in [0.5, 0.6) is 5.75 Å². The van der Waals surface area contributed by atoms with Crippen molar-refractivity contribution in [3.63, 3.8) is 0 Å². The van der Waals surface area contributed by atoms with Gasteiger partial charge >= 0.3 is 11.6 Å². The number of carboxylic acids is 1. The SMILES string of the molecule is CCCc1cc(=O)oc2c(C)c(OCC(=O)N[C@@H](CCC)C(=O)O)ccc12. The molecule has 0 fully saturated rings. The van der Waals surface area contributed by atoms with Crippen LogP contribution < -0.4 is 15.7 Å². The van der Waals surface area contributed by atoms with Crippen molar-refractivity contribution in [3.8, 4) is 5.75 Å². The third kappa shape index (κ3) is 5.09. The molecular formula is C20H25NO6.